The number of aromatic nitrogens is 3. The lowest BCUT2D eigenvalue weighted by molar-refractivity contribution is -0.140. The first kappa shape index (κ1) is 17.5. The molecule has 2 aromatic rings. The van der Waals surface area contributed by atoms with Crippen molar-refractivity contribution in [3.8, 4) is 5.69 Å². The van der Waals surface area contributed by atoms with Crippen LogP contribution in [0.25, 0.3) is 5.69 Å². The zero-order valence-corrected chi connectivity index (χ0v) is 16.0. The predicted octanol–water partition coefficient (Wildman–Crippen LogP) is 2.87. The van der Waals surface area contributed by atoms with Crippen molar-refractivity contribution in [3.05, 3.63) is 36.2 Å². The number of morpholine rings is 1. The molecule has 0 bridgehead atoms. The van der Waals surface area contributed by atoms with Crippen molar-refractivity contribution in [1.82, 2.24) is 19.7 Å². The van der Waals surface area contributed by atoms with Crippen molar-refractivity contribution in [3.63, 3.8) is 0 Å². The number of nitrogens with zero attached hydrogens (tertiary/aromatic N) is 4. The van der Waals surface area contributed by atoms with Gasteiger partial charge in [0.1, 0.15) is 5.82 Å². The van der Waals surface area contributed by atoms with Crippen molar-refractivity contribution >= 4 is 17.7 Å². The molecule has 1 aliphatic heterocycles. The van der Waals surface area contributed by atoms with Crippen LogP contribution in [-0.2, 0) is 9.53 Å². The van der Waals surface area contributed by atoms with Gasteiger partial charge in [-0.25, -0.2) is 0 Å². The molecule has 0 N–H and O–H groups in total. The molecule has 7 heteroatoms. The molecule has 0 spiro atoms. The number of thioether (sulfide) groups is 1. The van der Waals surface area contributed by atoms with Crippen molar-refractivity contribution < 1.29 is 9.53 Å². The third-order valence-corrected chi connectivity index (χ3v) is 5.63. The Bertz CT molecular complexity index is 765. The van der Waals surface area contributed by atoms with E-state index in [1.54, 1.807) is 0 Å². The highest BCUT2D eigenvalue weighted by Crippen LogP contribution is 2.41. The van der Waals surface area contributed by atoms with Gasteiger partial charge in [-0.15, -0.1) is 10.2 Å². The van der Waals surface area contributed by atoms with Gasteiger partial charge in [-0.1, -0.05) is 30.0 Å². The molecule has 2 heterocycles. The van der Waals surface area contributed by atoms with Gasteiger partial charge in [0.15, 0.2) is 5.16 Å². The SMILES string of the molecule is C[C@@H]1CN(C(=O)CSc2nnc(C3CC3)n2-c2ccccc2)C[C@@H](C)O1. The summed E-state index contributed by atoms with van der Waals surface area (Å²) in [5.41, 5.74) is 1.06. The van der Waals surface area contributed by atoms with E-state index in [0.717, 1.165) is 29.5 Å². The molecule has 138 valence electrons. The quantitative estimate of drug-likeness (QED) is 0.756. The summed E-state index contributed by atoms with van der Waals surface area (Å²) in [6, 6.07) is 10.2. The molecular weight excluding hydrogens is 348 g/mol. The minimum atomic E-state index is 0.0853. The second-order valence-electron chi connectivity index (χ2n) is 7.13. The first-order valence-electron chi connectivity index (χ1n) is 9.18. The van der Waals surface area contributed by atoms with E-state index in [1.165, 1.54) is 11.8 Å². The van der Waals surface area contributed by atoms with E-state index in [9.17, 15) is 4.79 Å². The maximum atomic E-state index is 12.7. The van der Waals surface area contributed by atoms with E-state index < -0.39 is 0 Å². The largest absolute Gasteiger partial charge is 0.372 e. The minimum absolute atomic E-state index is 0.0853. The molecule has 26 heavy (non-hydrogen) atoms. The summed E-state index contributed by atoms with van der Waals surface area (Å²) in [6.07, 6.45) is 2.50. The van der Waals surface area contributed by atoms with E-state index in [0.29, 0.717) is 24.8 Å². The summed E-state index contributed by atoms with van der Waals surface area (Å²) in [4.78, 5) is 14.6. The standard InChI is InChI=1S/C19H24N4O2S/c1-13-10-22(11-14(2)25-13)17(24)12-26-19-21-20-18(15-8-9-15)23(19)16-6-4-3-5-7-16/h3-7,13-15H,8-12H2,1-2H3/t13-,14-/m1/s1. The number of ether oxygens (including phenoxy) is 1. The summed E-state index contributed by atoms with van der Waals surface area (Å²) < 4.78 is 7.83. The van der Waals surface area contributed by atoms with Crippen LogP contribution >= 0.6 is 11.8 Å². The first-order chi connectivity index (χ1) is 12.6. The smallest absolute Gasteiger partial charge is 0.233 e. The summed E-state index contributed by atoms with van der Waals surface area (Å²) in [6.45, 7) is 5.33. The Hall–Kier alpha value is -1.86. The molecule has 1 aromatic heterocycles. The molecule has 1 aromatic carbocycles. The van der Waals surface area contributed by atoms with Crippen molar-refractivity contribution in [2.24, 2.45) is 0 Å². The van der Waals surface area contributed by atoms with Gasteiger partial charge in [-0.05, 0) is 38.8 Å². The van der Waals surface area contributed by atoms with Crippen LogP contribution in [0.3, 0.4) is 0 Å². The number of rotatable bonds is 5. The van der Waals surface area contributed by atoms with E-state index in [-0.39, 0.29) is 18.1 Å². The van der Waals surface area contributed by atoms with Gasteiger partial charge in [0.25, 0.3) is 0 Å². The van der Waals surface area contributed by atoms with Gasteiger partial charge in [0, 0.05) is 24.7 Å². The molecule has 2 fully saturated rings. The van der Waals surface area contributed by atoms with Crippen LogP contribution in [0.15, 0.2) is 35.5 Å². The topological polar surface area (TPSA) is 60.2 Å². The minimum Gasteiger partial charge on any atom is -0.372 e. The number of amides is 1. The number of carbonyl (C=O) groups is 1. The van der Waals surface area contributed by atoms with E-state index in [1.807, 2.05) is 36.9 Å². The van der Waals surface area contributed by atoms with Crippen LogP contribution in [0.1, 0.15) is 38.4 Å². The Morgan fingerprint density at radius 1 is 1.15 bits per heavy atom. The molecule has 1 saturated heterocycles. The average molecular weight is 372 g/mol. The number of para-hydroxylation sites is 1. The zero-order valence-electron chi connectivity index (χ0n) is 15.2. The lowest BCUT2D eigenvalue weighted by Gasteiger charge is -2.35. The predicted molar refractivity (Wildman–Crippen MR) is 101 cm³/mol. The Balaban J connectivity index is 1.49. The molecule has 1 aliphatic carbocycles. The van der Waals surface area contributed by atoms with E-state index >= 15 is 0 Å². The summed E-state index contributed by atoms with van der Waals surface area (Å²) in [5, 5.41) is 9.59. The van der Waals surface area contributed by atoms with Crippen molar-refractivity contribution in [2.45, 2.75) is 50.0 Å². The molecule has 0 unspecified atom stereocenters. The molecule has 4 rings (SSSR count). The lowest BCUT2D eigenvalue weighted by atomic mass is 10.2. The molecule has 2 aliphatic rings. The Kier molecular flexibility index (Phi) is 5.00. The fraction of sp³-hybridized carbons (Fsp3) is 0.526. The third kappa shape index (κ3) is 3.78. The van der Waals surface area contributed by atoms with E-state index in [4.69, 9.17) is 4.74 Å². The number of carbonyl (C=O) groups excluding carboxylic acids is 1. The highest BCUT2D eigenvalue weighted by atomic mass is 32.2. The van der Waals surface area contributed by atoms with Gasteiger partial charge < -0.3 is 9.64 Å². The van der Waals surface area contributed by atoms with Crippen LogP contribution in [-0.4, -0.2) is 56.6 Å². The van der Waals surface area contributed by atoms with Gasteiger partial charge in [-0.3, -0.25) is 9.36 Å². The summed E-state index contributed by atoms with van der Waals surface area (Å²) in [7, 11) is 0. The Morgan fingerprint density at radius 3 is 2.50 bits per heavy atom. The first-order valence-corrected chi connectivity index (χ1v) is 10.2. The number of benzene rings is 1. The number of hydrogen-bond donors (Lipinski definition) is 0. The van der Waals surface area contributed by atoms with Crippen LogP contribution in [0.5, 0.6) is 0 Å². The lowest BCUT2D eigenvalue weighted by Crippen LogP contribution is -2.48. The Labute approximate surface area is 157 Å². The summed E-state index contributed by atoms with van der Waals surface area (Å²) in [5.74, 6) is 2.01. The summed E-state index contributed by atoms with van der Waals surface area (Å²) >= 11 is 1.47. The van der Waals surface area contributed by atoms with Gasteiger partial charge in [0.2, 0.25) is 5.91 Å². The zero-order chi connectivity index (χ0) is 18.1. The van der Waals surface area contributed by atoms with Crippen LogP contribution in [0.4, 0.5) is 0 Å². The molecule has 1 saturated carbocycles. The van der Waals surface area contributed by atoms with Crippen LogP contribution in [0, 0.1) is 0 Å². The van der Waals surface area contributed by atoms with E-state index in [2.05, 4.69) is 26.9 Å². The fourth-order valence-corrected chi connectivity index (χ4v) is 4.26. The molecular formula is C19H24N4O2S. The molecule has 1 amide bonds. The third-order valence-electron chi connectivity index (χ3n) is 4.71. The Morgan fingerprint density at radius 2 is 1.85 bits per heavy atom. The number of hydrogen-bond acceptors (Lipinski definition) is 5. The van der Waals surface area contributed by atoms with Gasteiger partial charge in [0.05, 0.1) is 18.0 Å². The second-order valence-corrected chi connectivity index (χ2v) is 8.07. The maximum Gasteiger partial charge on any atom is 0.233 e. The average Bonchev–Trinajstić information content (AvgIpc) is 3.39. The molecule has 6 nitrogen and oxygen atoms in total. The van der Waals surface area contributed by atoms with Crippen LogP contribution in [0.2, 0.25) is 0 Å². The van der Waals surface area contributed by atoms with Gasteiger partial charge >= 0.3 is 0 Å². The molecule has 2 atom stereocenters. The second kappa shape index (κ2) is 7.40. The highest BCUT2D eigenvalue weighted by molar-refractivity contribution is 7.99. The monoisotopic (exact) mass is 372 g/mol. The van der Waals surface area contributed by atoms with Crippen molar-refractivity contribution in [1.29, 1.82) is 0 Å². The normalized spacial score (nSPS) is 23.2. The maximum absolute atomic E-state index is 12.7. The highest BCUT2D eigenvalue weighted by Gasteiger charge is 2.31. The van der Waals surface area contributed by atoms with Crippen LogP contribution < -0.4 is 0 Å². The molecule has 0 radical (unpaired) electrons. The van der Waals surface area contributed by atoms with Crippen molar-refractivity contribution in [2.75, 3.05) is 18.8 Å². The fourth-order valence-electron chi connectivity index (χ4n) is 3.40. The van der Waals surface area contributed by atoms with Gasteiger partial charge in [-0.2, -0.15) is 0 Å².